The normalized spacial score (nSPS) is 31.5. The van der Waals surface area contributed by atoms with E-state index in [0.29, 0.717) is 5.37 Å². The van der Waals surface area contributed by atoms with Crippen LogP contribution in [0.4, 0.5) is 11.4 Å². The Labute approximate surface area is 161 Å². The Morgan fingerprint density at radius 3 is 2.50 bits per heavy atom. The lowest BCUT2D eigenvalue weighted by Crippen LogP contribution is -2.54. The molecular weight excluding hydrogens is 336 g/mol. The van der Waals surface area contributed by atoms with Gasteiger partial charge in [-0.25, -0.2) is 0 Å². The van der Waals surface area contributed by atoms with Crippen molar-refractivity contribution in [3.05, 3.63) is 54.6 Å². The number of rotatable bonds is 3. The van der Waals surface area contributed by atoms with E-state index in [0.717, 1.165) is 18.0 Å². The maximum Gasteiger partial charge on any atom is 0.0876 e. The summed E-state index contributed by atoms with van der Waals surface area (Å²) in [6.45, 7) is 3.75. The van der Waals surface area contributed by atoms with Crippen LogP contribution in [0, 0.1) is 5.92 Å². The SMILES string of the molecule is C[C@H]1CCCCN1[C@H]1C[C@H](C2Sc3ccccc3N2c2ccccc2)C1. The van der Waals surface area contributed by atoms with E-state index in [1.54, 1.807) is 0 Å². The van der Waals surface area contributed by atoms with Crippen molar-refractivity contribution < 1.29 is 0 Å². The Morgan fingerprint density at radius 1 is 0.923 bits per heavy atom. The van der Waals surface area contributed by atoms with Gasteiger partial charge in [-0.05, 0) is 69.3 Å². The smallest absolute Gasteiger partial charge is 0.0876 e. The molecule has 2 fully saturated rings. The van der Waals surface area contributed by atoms with E-state index in [1.165, 1.54) is 54.9 Å². The second kappa shape index (κ2) is 6.94. The predicted molar refractivity (Wildman–Crippen MR) is 111 cm³/mol. The first-order chi connectivity index (χ1) is 12.8. The summed E-state index contributed by atoms with van der Waals surface area (Å²) in [5.74, 6) is 0.784. The third-order valence-corrected chi connectivity index (χ3v) is 7.97. The standard InChI is InChI=1S/C23H28N2S/c1-17-9-7-8-14-24(17)20-15-18(16-20)23-25(19-10-3-2-4-11-19)21-12-5-6-13-22(21)26-23/h2-6,10-13,17-18,20,23H,7-9,14-16H2,1H3/t17-,18-,20-,23?/m0/s1. The van der Waals surface area contributed by atoms with Crippen LogP contribution in [0.2, 0.25) is 0 Å². The van der Waals surface area contributed by atoms with Crippen LogP contribution in [0.5, 0.6) is 0 Å². The van der Waals surface area contributed by atoms with Gasteiger partial charge in [0.1, 0.15) is 0 Å². The number of piperidine rings is 1. The fourth-order valence-electron chi connectivity index (χ4n) is 5.05. The van der Waals surface area contributed by atoms with Crippen molar-refractivity contribution in [2.24, 2.45) is 5.92 Å². The molecule has 0 bridgehead atoms. The average Bonchev–Trinajstić information content (AvgIpc) is 3.02. The Kier molecular flexibility index (Phi) is 4.46. The van der Waals surface area contributed by atoms with Crippen LogP contribution in [-0.4, -0.2) is 28.9 Å². The predicted octanol–water partition coefficient (Wildman–Crippen LogP) is 5.91. The number of thioether (sulfide) groups is 1. The van der Waals surface area contributed by atoms with Crippen LogP contribution in [0.15, 0.2) is 59.5 Å². The van der Waals surface area contributed by atoms with Crippen molar-refractivity contribution in [3.8, 4) is 0 Å². The molecule has 2 aromatic rings. The van der Waals surface area contributed by atoms with Crippen LogP contribution in [0.25, 0.3) is 0 Å². The summed E-state index contributed by atoms with van der Waals surface area (Å²) in [7, 11) is 0. The molecule has 0 amide bonds. The fraction of sp³-hybridized carbons (Fsp3) is 0.478. The number of anilines is 2. The van der Waals surface area contributed by atoms with E-state index in [1.807, 2.05) is 0 Å². The molecule has 0 spiro atoms. The van der Waals surface area contributed by atoms with E-state index in [4.69, 9.17) is 0 Å². The number of para-hydroxylation sites is 2. The van der Waals surface area contributed by atoms with Crippen molar-refractivity contribution >= 4 is 23.1 Å². The highest BCUT2D eigenvalue weighted by atomic mass is 32.2. The Bertz CT molecular complexity index is 756. The van der Waals surface area contributed by atoms with Crippen molar-refractivity contribution in [3.63, 3.8) is 0 Å². The lowest BCUT2D eigenvalue weighted by atomic mass is 9.77. The van der Waals surface area contributed by atoms with Gasteiger partial charge in [-0.3, -0.25) is 4.90 Å². The fourth-order valence-corrected chi connectivity index (χ4v) is 6.51. The molecule has 1 saturated carbocycles. The number of likely N-dealkylation sites (tertiary alicyclic amines) is 1. The molecule has 2 nitrogen and oxygen atoms in total. The minimum absolute atomic E-state index is 0.547. The summed E-state index contributed by atoms with van der Waals surface area (Å²) in [6, 6.07) is 21.5. The quantitative estimate of drug-likeness (QED) is 0.668. The van der Waals surface area contributed by atoms with Gasteiger partial charge in [-0.2, -0.15) is 0 Å². The second-order valence-electron chi connectivity index (χ2n) is 8.15. The third kappa shape index (κ3) is 2.86. The van der Waals surface area contributed by atoms with Crippen LogP contribution in [0.1, 0.15) is 39.0 Å². The lowest BCUT2D eigenvalue weighted by molar-refractivity contribution is 0.0273. The van der Waals surface area contributed by atoms with E-state index >= 15 is 0 Å². The molecule has 3 heteroatoms. The van der Waals surface area contributed by atoms with E-state index < -0.39 is 0 Å². The number of hydrogen-bond acceptors (Lipinski definition) is 3. The third-order valence-electron chi connectivity index (χ3n) is 6.54. The molecule has 0 aromatic heterocycles. The van der Waals surface area contributed by atoms with Crippen molar-refractivity contribution in [2.45, 2.75) is 61.4 Å². The molecule has 1 aliphatic carbocycles. The zero-order chi connectivity index (χ0) is 17.5. The molecule has 26 heavy (non-hydrogen) atoms. The van der Waals surface area contributed by atoms with Gasteiger partial charge in [0.15, 0.2) is 0 Å². The first kappa shape index (κ1) is 16.7. The van der Waals surface area contributed by atoms with Gasteiger partial charge in [-0.1, -0.05) is 48.5 Å². The van der Waals surface area contributed by atoms with E-state index in [2.05, 4.69) is 83.1 Å². The molecule has 2 atom stereocenters. The zero-order valence-electron chi connectivity index (χ0n) is 15.6. The van der Waals surface area contributed by atoms with Crippen molar-refractivity contribution in [1.82, 2.24) is 4.90 Å². The van der Waals surface area contributed by atoms with E-state index in [-0.39, 0.29) is 0 Å². The van der Waals surface area contributed by atoms with Gasteiger partial charge in [0, 0.05) is 22.7 Å². The van der Waals surface area contributed by atoms with Crippen LogP contribution in [-0.2, 0) is 0 Å². The number of hydrogen-bond donors (Lipinski definition) is 0. The molecule has 2 heterocycles. The molecule has 1 saturated heterocycles. The van der Waals surface area contributed by atoms with Gasteiger partial charge in [0.2, 0.25) is 0 Å². The maximum atomic E-state index is 2.81. The van der Waals surface area contributed by atoms with Crippen LogP contribution >= 0.6 is 11.8 Å². The van der Waals surface area contributed by atoms with E-state index in [9.17, 15) is 0 Å². The maximum absolute atomic E-state index is 2.81. The highest BCUT2D eigenvalue weighted by molar-refractivity contribution is 8.00. The van der Waals surface area contributed by atoms with Crippen molar-refractivity contribution in [2.75, 3.05) is 11.4 Å². The largest absolute Gasteiger partial charge is 0.327 e. The number of fused-ring (bicyclic) bond motifs is 1. The minimum atomic E-state index is 0.547. The zero-order valence-corrected chi connectivity index (χ0v) is 16.4. The monoisotopic (exact) mass is 364 g/mol. The summed E-state index contributed by atoms with van der Waals surface area (Å²) in [4.78, 5) is 6.84. The summed E-state index contributed by atoms with van der Waals surface area (Å²) < 4.78 is 0. The van der Waals surface area contributed by atoms with Crippen LogP contribution in [0.3, 0.4) is 0 Å². The second-order valence-corrected chi connectivity index (χ2v) is 9.31. The minimum Gasteiger partial charge on any atom is -0.327 e. The van der Waals surface area contributed by atoms with Gasteiger partial charge < -0.3 is 4.90 Å². The molecule has 136 valence electrons. The highest BCUT2D eigenvalue weighted by Gasteiger charge is 2.45. The molecule has 2 aliphatic heterocycles. The van der Waals surface area contributed by atoms with Crippen LogP contribution < -0.4 is 4.90 Å². The average molecular weight is 365 g/mol. The molecule has 0 N–H and O–H groups in total. The molecule has 2 aromatic carbocycles. The molecular formula is C23H28N2S. The Balaban J connectivity index is 1.36. The highest BCUT2D eigenvalue weighted by Crippen LogP contribution is 2.54. The molecule has 5 rings (SSSR count). The topological polar surface area (TPSA) is 6.48 Å². The van der Waals surface area contributed by atoms with Gasteiger partial charge in [0.25, 0.3) is 0 Å². The summed E-state index contributed by atoms with van der Waals surface area (Å²) in [6.07, 6.45) is 6.92. The first-order valence-corrected chi connectivity index (χ1v) is 11.0. The number of nitrogens with zero attached hydrogens (tertiary/aromatic N) is 2. The summed E-state index contributed by atoms with van der Waals surface area (Å²) in [5, 5.41) is 0.547. The summed E-state index contributed by atoms with van der Waals surface area (Å²) >= 11 is 2.08. The van der Waals surface area contributed by atoms with Gasteiger partial charge >= 0.3 is 0 Å². The lowest BCUT2D eigenvalue weighted by Gasteiger charge is -2.50. The first-order valence-electron chi connectivity index (χ1n) is 10.2. The molecule has 0 radical (unpaired) electrons. The van der Waals surface area contributed by atoms with Crippen molar-refractivity contribution in [1.29, 1.82) is 0 Å². The number of benzene rings is 2. The van der Waals surface area contributed by atoms with Gasteiger partial charge in [0.05, 0.1) is 11.1 Å². The molecule has 3 aliphatic rings. The Morgan fingerprint density at radius 2 is 1.69 bits per heavy atom. The van der Waals surface area contributed by atoms with Gasteiger partial charge in [-0.15, -0.1) is 0 Å². The molecule has 1 unspecified atom stereocenters. The Hall–Kier alpha value is -1.45. The summed E-state index contributed by atoms with van der Waals surface area (Å²) in [5.41, 5.74) is 2.73.